The Bertz CT molecular complexity index is 645. The van der Waals surface area contributed by atoms with Crippen LogP contribution in [0.15, 0.2) is 29.4 Å². The molecule has 9 nitrogen and oxygen atoms in total. The van der Waals surface area contributed by atoms with Crippen molar-refractivity contribution in [2.24, 2.45) is 0 Å². The molecule has 0 fully saturated rings. The Morgan fingerprint density at radius 1 is 1.13 bits per heavy atom. The van der Waals surface area contributed by atoms with Gasteiger partial charge in [0, 0.05) is 6.20 Å². The van der Waals surface area contributed by atoms with Gasteiger partial charge in [-0.1, -0.05) is 10.5 Å². The van der Waals surface area contributed by atoms with Crippen LogP contribution in [-0.2, 0) is 19.5 Å². The number of hydrazine groups is 1. The molecule has 0 aromatic carbocycles. The zero-order chi connectivity index (χ0) is 17.6. The minimum absolute atomic E-state index is 0.0695. The maximum atomic E-state index is 12.5. The summed E-state index contributed by atoms with van der Waals surface area (Å²) in [4.78, 5) is 27.4. The van der Waals surface area contributed by atoms with Gasteiger partial charge in [0.2, 0.25) is 0 Å². The van der Waals surface area contributed by atoms with Crippen molar-refractivity contribution in [1.29, 1.82) is 0 Å². The van der Waals surface area contributed by atoms with E-state index in [9.17, 15) is 18.0 Å². The fraction of sp³-hybridized carbons (Fsp3) is 0.462. The summed E-state index contributed by atoms with van der Waals surface area (Å²) in [6, 6.07) is 4.12. The molecule has 0 bridgehead atoms. The topological polar surface area (TPSA) is 115 Å². The molecular weight excluding hydrogens is 326 g/mol. The number of hydrogen-bond donors (Lipinski definition) is 1. The Hall–Kier alpha value is -2.36. The van der Waals surface area contributed by atoms with E-state index in [-0.39, 0.29) is 4.41 Å². The summed E-state index contributed by atoms with van der Waals surface area (Å²) in [5, 5.41) is -0.425. The maximum Gasteiger partial charge on any atom is 0.444 e. The number of pyridine rings is 1. The third-order valence-electron chi connectivity index (χ3n) is 2.18. The number of nitrogens with one attached hydrogen (secondary N) is 1. The molecule has 0 radical (unpaired) electrons. The highest BCUT2D eigenvalue weighted by Crippen LogP contribution is 2.13. The van der Waals surface area contributed by atoms with Crippen molar-refractivity contribution in [2.45, 2.75) is 44.9 Å². The first kappa shape index (κ1) is 18.7. The van der Waals surface area contributed by atoms with Gasteiger partial charge in [-0.15, -0.1) is 0 Å². The van der Waals surface area contributed by atoms with Crippen LogP contribution in [0.3, 0.4) is 0 Å². The van der Waals surface area contributed by atoms with E-state index < -0.39 is 39.4 Å². The Morgan fingerprint density at radius 2 is 1.74 bits per heavy atom. The second-order valence-corrected chi connectivity index (χ2v) is 6.67. The van der Waals surface area contributed by atoms with E-state index in [1.165, 1.54) is 38.2 Å². The average Bonchev–Trinajstić information content (AvgIpc) is 2.44. The molecule has 1 aromatic rings. The average molecular weight is 345 g/mol. The standard InChI is InChI=1S/C13H19N3O6S/c1-9(2)21-12(17)15-16(13(18)22-10(3)4)23(19,20)11-7-5-6-8-14-11/h5-10H,1-4H3,(H,15,17). The summed E-state index contributed by atoms with van der Waals surface area (Å²) in [6.07, 6.45) is -2.24. The fourth-order valence-electron chi connectivity index (χ4n) is 1.37. The van der Waals surface area contributed by atoms with E-state index in [4.69, 9.17) is 9.47 Å². The number of aromatic nitrogens is 1. The quantitative estimate of drug-likeness (QED) is 0.825. The number of sulfonamides is 1. The van der Waals surface area contributed by atoms with Crippen molar-refractivity contribution in [2.75, 3.05) is 0 Å². The lowest BCUT2D eigenvalue weighted by Crippen LogP contribution is -2.51. The number of hydrogen-bond acceptors (Lipinski definition) is 7. The summed E-state index contributed by atoms with van der Waals surface area (Å²) in [5.74, 6) is 0. The molecular formula is C13H19N3O6S. The van der Waals surface area contributed by atoms with E-state index in [1.807, 2.05) is 5.43 Å². The minimum atomic E-state index is -4.44. The lowest BCUT2D eigenvalue weighted by Gasteiger charge is -2.22. The van der Waals surface area contributed by atoms with Crippen molar-refractivity contribution in [3.63, 3.8) is 0 Å². The Morgan fingerprint density at radius 3 is 2.22 bits per heavy atom. The van der Waals surface area contributed by atoms with E-state index in [0.717, 1.165) is 0 Å². The van der Waals surface area contributed by atoms with Crippen LogP contribution in [0.4, 0.5) is 9.59 Å². The Kier molecular flexibility index (Phi) is 6.31. The van der Waals surface area contributed by atoms with Crippen molar-refractivity contribution >= 4 is 22.2 Å². The second kappa shape index (κ2) is 7.77. The Labute approximate surface area is 134 Å². The summed E-state index contributed by atoms with van der Waals surface area (Å²) in [5.41, 5.74) is 1.86. The fourth-order valence-corrected chi connectivity index (χ4v) is 2.44. The Balaban J connectivity index is 3.13. The van der Waals surface area contributed by atoms with Gasteiger partial charge in [-0.05, 0) is 39.8 Å². The summed E-state index contributed by atoms with van der Waals surface area (Å²) in [7, 11) is -4.44. The lowest BCUT2D eigenvalue weighted by molar-refractivity contribution is 0.0715. The number of carbonyl (C=O) groups excluding carboxylic acids is 2. The van der Waals surface area contributed by atoms with Gasteiger partial charge in [-0.3, -0.25) is 0 Å². The van der Waals surface area contributed by atoms with Crippen LogP contribution in [0.2, 0.25) is 0 Å². The summed E-state index contributed by atoms with van der Waals surface area (Å²) >= 11 is 0. The third kappa shape index (κ3) is 5.40. The molecule has 1 aromatic heterocycles. The van der Waals surface area contributed by atoms with Crippen LogP contribution < -0.4 is 5.43 Å². The smallest absolute Gasteiger partial charge is 0.444 e. The van der Waals surface area contributed by atoms with Gasteiger partial charge in [0.1, 0.15) is 0 Å². The van der Waals surface area contributed by atoms with Crippen molar-refractivity contribution < 1.29 is 27.5 Å². The number of carbonyl (C=O) groups is 2. The highest BCUT2D eigenvalue weighted by molar-refractivity contribution is 7.89. The molecule has 0 unspecified atom stereocenters. The van der Waals surface area contributed by atoms with Crippen molar-refractivity contribution in [1.82, 2.24) is 14.8 Å². The van der Waals surface area contributed by atoms with E-state index in [2.05, 4.69) is 4.98 Å². The van der Waals surface area contributed by atoms with Gasteiger partial charge >= 0.3 is 22.2 Å². The molecule has 23 heavy (non-hydrogen) atoms. The molecule has 1 N–H and O–H groups in total. The molecule has 0 spiro atoms. The molecule has 2 amide bonds. The molecule has 0 aliphatic carbocycles. The van der Waals surface area contributed by atoms with Crippen LogP contribution in [0.1, 0.15) is 27.7 Å². The predicted molar refractivity (Wildman–Crippen MR) is 79.6 cm³/mol. The van der Waals surface area contributed by atoms with Crippen LogP contribution in [0.5, 0.6) is 0 Å². The number of rotatable bonds is 4. The predicted octanol–water partition coefficient (Wildman–Crippen LogP) is 1.67. The van der Waals surface area contributed by atoms with Crippen molar-refractivity contribution in [3.05, 3.63) is 24.4 Å². The molecule has 1 rings (SSSR count). The minimum Gasteiger partial charge on any atom is -0.446 e. The van der Waals surface area contributed by atoms with E-state index >= 15 is 0 Å². The summed E-state index contributed by atoms with van der Waals surface area (Å²) < 4.78 is 34.6. The lowest BCUT2D eigenvalue weighted by atomic mass is 10.5. The van der Waals surface area contributed by atoms with E-state index in [1.54, 1.807) is 13.8 Å². The van der Waals surface area contributed by atoms with Crippen LogP contribution in [0.25, 0.3) is 0 Å². The second-order valence-electron chi connectivity index (χ2n) is 4.94. The molecule has 1 heterocycles. The zero-order valence-electron chi connectivity index (χ0n) is 13.2. The largest absolute Gasteiger partial charge is 0.446 e. The van der Waals surface area contributed by atoms with Crippen LogP contribution in [-0.4, -0.2) is 42.2 Å². The van der Waals surface area contributed by atoms with Crippen molar-refractivity contribution in [3.8, 4) is 0 Å². The first-order valence-corrected chi connectivity index (χ1v) is 8.23. The first-order valence-electron chi connectivity index (χ1n) is 6.79. The molecule has 0 saturated heterocycles. The summed E-state index contributed by atoms with van der Waals surface area (Å²) in [6.45, 7) is 6.22. The molecule has 0 atom stereocenters. The SMILES string of the molecule is CC(C)OC(=O)NN(C(=O)OC(C)C)S(=O)(=O)c1ccccn1. The zero-order valence-corrected chi connectivity index (χ0v) is 14.0. The molecule has 0 saturated carbocycles. The number of ether oxygens (including phenoxy) is 2. The van der Waals surface area contributed by atoms with Gasteiger partial charge in [0.25, 0.3) is 0 Å². The van der Waals surface area contributed by atoms with Gasteiger partial charge < -0.3 is 9.47 Å². The van der Waals surface area contributed by atoms with Crippen LogP contribution >= 0.6 is 0 Å². The highest BCUT2D eigenvalue weighted by atomic mass is 32.2. The van der Waals surface area contributed by atoms with Gasteiger partial charge in [0.05, 0.1) is 12.2 Å². The third-order valence-corrected chi connectivity index (χ3v) is 3.67. The van der Waals surface area contributed by atoms with Gasteiger partial charge in [0.15, 0.2) is 5.03 Å². The first-order chi connectivity index (χ1) is 10.6. The van der Waals surface area contributed by atoms with Gasteiger partial charge in [-0.25, -0.2) is 20.0 Å². The normalized spacial score (nSPS) is 11.2. The molecule has 128 valence electrons. The highest BCUT2D eigenvalue weighted by Gasteiger charge is 2.34. The molecule has 0 aliphatic heterocycles. The van der Waals surface area contributed by atoms with E-state index in [0.29, 0.717) is 0 Å². The number of amides is 2. The number of nitrogens with zero attached hydrogens (tertiary/aromatic N) is 2. The maximum absolute atomic E-state index is 12.5. The van der Waals surface area contributed by atoms with Crippen LogP contribution in [0, 0.1) is 0 Å². The van der Waals surface area contributed by atoms with Gasteiger partial charge in [-0.2, -0.15) is 8.42 Å². The monoisotopic (exact) mass is 345 g/mol. The molecule has 10 heteroatoms. The molecule has 0 aliphatic rings.